The lowest BCUT2D eigenvalue weighted by molar-refractivity contribution is -0.128. The highest BCUT2D eigenvalue weighted by Crippen LogP contribution is 2.53. The molecule has 1 amide bonds. The van der Waals surface area contributed by atoms with Crippen molar-refractivity contribution in [3.63, 3.8) is 0 Å². The highest BCUT2D eigenvalue weighted by atomic mass is 16.4. The van der Waals surface area contributed by atoms with Gasteiger partial charge in [-0.25, -0.2) is 4.79 Å². The van der Waals surface area contributed by atoms with Crippen molar-refractivity contribution in [1.29, 1.82) is 0 Å². The van der Waals surface area contributed by atoms with Crippen LogP contribution in [0.25, 0.3) is 0 Å². The van der Waals surface area contributed by atoms with Gasteiger partial charge in [-0.15, -0.1) is 0 Å². The molecule has 2 atom stereocenters. The van der Waals surface area contributed by atoms with E-state index in [1.54, 1.807) is 12.1 Å². The second kappa shape index (κ2) is 8.31. The van der Waals surface area contributed by atoms with E-state index in [9.17, 15) is 14.7 Å². The van der Waals surface area contributed by atoms with E-state index >= 15 is 0 Å². The molecule has 1 heterocycles. The van der Waals surface area contributed by atoms with Crippen molar-refractivity contribution in [2.45, 2.75) is 69.9 Å². The smallest absolute Gasteiger partial charge is 0.335 e. The molecule has 0 radical (unpaired) electrons. The summed E-state index contributed by atoms with van der Waals surface area (Å²) in [6.45, 7) is 0.615. The van der Waals surface area contributed by atoms with Gasteiger partial charge in [0.1, 0.15) is 0 Å². The van der Waals surface area contributed by atoms with Gasteiger partial charge >= 0.3 is 5.97 Å². The molecule has 5 nitrogen and oxygen atoms in total. The highest BCUT2D eigenvalue weighted by molar-refractivity contribution is 5.87. The molecule has 3 aliphatic rings. The molecule has 2 saturated carbocycles. The van der Waals surface area contributed by atoms with Gasteiger partial charge in [-0.1, -0.05) is 43.5 Å². The average Bonchev–Trinajstić information content (AvgIpc) is 3.43. The van der Waals surface area contributed by atoms with E-state index in [2.05, 4.69) is 6.08 Å². The first-order chi connectivity index (χ1) is 14.0. The number of carbonyl (C=O) groups excluding carboxylic acids is 1. The van der Waals surface area contributed by atoms with E-state index in [1.165, 1.54) is 19.3 Å². The minimum atomic E-state index is -0.930. The first kappa shape index (κ1) is 20.1. The zero-order chi connectivity index (χ0) is 20.4. The Hall–Kier alpha value is -2.14. The number of carboxylic acids is 1. The standard InChI is InChI=1S/C24H31NO4/c26-21(24(13-1-14-24)16-18-2-3-18)10-8-20-9-11-22(27)25(20)15-12-17-4-6-19(7-5-17)23(28)29/h4-8,10,18,20-21,26H,1-3,9,11-16H2,(H,28,29)/b10-8+/t20-,21-/m0/s1. The third-order valence-electron chi connectivity index (χ3n) is 7.10. The van der Waals surface area contributed by atoms with Gasteiger partial charge in [0.15, 0.2) is 0 Å². The molecule has 0 spiro atoms. The van der Waals surface area contributed by atoms with E-state index < -0.39 is 12.1 Å². The summed E-state index contributed by atoms with van der Waals surface area (Å²) in [6.07, 6.45) is 12.9. The van der Waals surface area contributed by atoms with Gasteiger partial charge in [0.25, 0.3) is 0 Å². The number of hydrogen-bond donors (Lipinski definition) is 2. The monoisotopic (exact) mass is 397 g/mol. The maximum atomic E-state index is 12.4. The maximum absolute atomic E-state index is 12.4. The summed E-state index contributed by atoms with van der Waals surface area (Å²) in [5.74, 6) is 0.0454. The molecule has 4 rings (SSSR count). The second-order valence-corrected chi connectivity index (χ2v) is 9.14. The topological polar surface area (TPSA) is 77.8 Å². The number of aliphatic hydroxyl groups excluding tert-OH is 1. The number of aromatic carboxylic acids is 1. The lowest BCUT2D eigenvalue weighted by Gasteiger charge is -2.45. The Bertz CT molecular complexity index is 777. The molecule has 2 N–H and O–H groups in total. The second-order valence-electron chi connectivity index (χ2n) is 9.14. The van der Waals surface area contributed by atoms with Gasteiger partial charge in [0.05, 0.1) is 17.7 Å². The molecule has 1 saturated heterocycles. The van der Waals surface area contributed by atoms with Crippen molar-refractivity contribution >= 4 is 11.9 Å². The van der Waals surface area contributed by atoms with Crippen LogP contribution in [-0.4, -0.2) is 45.7 Å². The maximum Gasteiger partial charge on any atom is 0.335 e. The predicted molar refractivity (Wildman–Crippen MR) is 111 cm³/mol. The number of carboxylic acid groups (broad SMARTS) is 1. The van der Waals surface area contributed by atoms with Crippen molar-refractivity contribution in [2.75, 3.05) is 6.54 Å². The number of amides is 1. The van der Waals surface area contributed by atoms with Gasteiger partial charge < -0.3 is 15.1 Å². The molecule has 1 aliphatic heterocycles. The van der Waals surface area contributed by atoms with Crippen molar-refractivity contribution in [3.8, 4) is 0 Å². The summed E-state index contributed by atoms with van der Waals surface area (Å²) in [7, 11) is 0. The lowest BCUT2D eigenvalue weighted by atomic mass is 9.62. The van der Waals surface area contributed by atoms with E-state index in [0.717, 1.165) is 37.2 Å². The molecule has 0 unspecified atom stereocenters. The molecule has 29 heavy (non-hydrogen) atoms. The van der Waals surface area contributed by atoms with E-state index in [0.29, 0.717) is 19.4 Å². The number of hydrogen-bond acceptors (Lipinski definition) is 3. The van der Waals surface area contributed by atoms with Crippen LogP contribution in [0.15, 0.2) is 36.4 Å². The summed E-state index contributed by atoms with van der Waals surface area (Å²) >= 11 is 0. The van der Waals surface area contributed by atoms with Crippen LogP contribution in [0.4, 0.5) is 0 Å². The third kappa shape index (κ3) is 4.55. The van der Waals surface area contributed by atoms with Crippen LogP contribution in [-0.2, 0) is 11.2 Å². The SMILES string of the molecule is O=C(O)c1ccc(CCN2C(=O)CC[C@@H]2/C=C/[C@H](O)C2(CC3CC3)CCC2)cc1. The number of nitrogens with zero attached hydrogens (tertiary/aromatic N) is 1. The van der Waals surface area contributed by atoms with Crippen molar-refractivity contribution < 1.29 is 19.8 Å². The Kier molecular flexibility index (Phi) is 5.77. The van der Waals surface area contributed by atoms with Crippen molar-refractivity contribution in [2.24, 2.45) is 11.3 Å². The summed E-state index contributed by atoms with van der Waals surface area (Å²) in [5.41, 5.74) is 1.38. The van der Waals surface area contributed by atoms with Gasteiger partial charge in [-0.2, -0.15) is 0 Å². The van der Waals surface area contributed by atoms with Crippen LogP contribution in [0.1, 0.15) is 67.3 Å². The summed E-state index contributed by atoms with van der Waals surface area (Å²) < 4.78 is 0. The number of benzene rings is 1. The Morgan fingerprint density at radius 1 is 1.21 bits per heavy atom. The van der Waals surface area contributed by atoms with E-state index in [4.69, 9.17) is 5.11 Å². The molecule has 2 aliphatic carbocycles. The summed E-state index contributed by atoms with van der Waals surface area (Å²) in [5, 5.41) is 19.9. The first-order valence-electron chi connectivity index (χ1n) is 10.9. The predicted octanol–water partition coefficient (Wildman–Crippen LogP) is 3.81. The molecule has 3 fully saturated rings. The van der Waals surface area contributed by atoms with Gasteiger partial charge in [0.2, 0.25) is 5.91 Å². The third-order valence-corrected chi connectivity index (χ3v) is 7.10. The lowest BCUT2D eigenvalue weighted by Crippen LogP contribution is -2.41. The minimum Gasteiger partial charge on any atom is -0.478 e. The normalized spacial score (nSPS) is 24.7. The molecule has 1 aromatic rings. The van der Waals surface area contributed by atoms with Gasteiger partial charge in [-0.05, 0) is 55.7 Å². The van der Waals surface area contributed by atoms with Crippen LogP contribution in [0.2, 0.25) is 0 Å². The van der Waals surface area contributed by atoms with Crippen LogP contribution < -0.4 is 0 Å². The Labute approximate surface area is 172 Å². The number of aliphatic hydroxyl groups is 1. The Balaban J connectivity index is 1.35. The number of likely N-dealkylation sites (tertiary alicyclic amines) is 1. The molecular weight excluding hydrogens is 366 g/mol. The quantitative estimate of drug-likeness (QED) is 0.621. The summed E-state index contributed by atoms with van der Waals surface area (Å²) in [6, 6.07) is 6.89. The van der Waals surface area contributed by atoms with Gasteiger partial charge in [0, 0.05) is 18.4 Å². The summed E-state index contributed by atoms with van der Waals surface area (Å²) in [4.78, 5) is 25.2. The largest absolute Gasteiger partial charge is 0.478 e. The van der Waals surface area contributed by atoms with Crippen LogP contribution in [0.5, 0.6) is 0 Å². The fourth-order valence-electron chi connectivity index (χ4n) is 4.90. The average molecular weight is 398 g/mol. The van der Waals surface area contributed by atoms with Gasteiger partial charge in [-0.3, -0.25) is 4.79 Å². The molecule has 5 heteroatoms. The number of carbonyl (C=O) groups is 2. The van der Waals surface area contributed by atoms with E-state index in [-0.39, 0.29) is 22.9 Å². The minimum absolute atomic E-state index is 0.0495. The zero-order valence-electron chi connectivity index (χ0n) is 16.9. The van der Waals surface area contributed by atoms with Crippen LogP contribution >= 0.6 is 0 Å². The fraction of sp³-hybridized carbons (Fsp3) is 0.583. The molecule has 0 bridgehead atoms. The fourth-order valence-corrected chi connectivity index (χ4v) is 4.90. The Morgan fingerprint density at radius 3 is 2.52 bits per heavy atom. The first-order valence-corrected chi connectivity index (χ1v) is 10.9. The molecular formula is C24H31NO4. The molecule has 0 aromatic heterocycles. The Morgan fingerprint density at radius 2 is 1.93 bits per heavy atom. The van der Waals surface area contributed by atoms with Crippen LogP contribution in [0.3, 0.4) is 0 Å². The molecule has 156 valence electrons. The van der Waals surface area contributed by atoms with Crippen molar-refractivity contribution in [1.82, 2.24) is 4.90 Å². The molecule has 1 aromatic carbocycles. The van der Waals surface area contributed by atoms with E-state index in [1.807, 2.05) is 23.1 Å². The zero-order valence-corrected chi connectivity index (χ0v) is 16.9. The van der Waals surface area contributed by atoms with Crippen molar-refractivity contribution in [3.05, 3.63) is 47.5 Å². The van der Waals surface area contributed by atoms with Crippen LogP contribution in [0, 0.1) is 11.3 Å². The number of rotatable bonds is 9. The highest BCUT2D eigenvalue weighted by Gasteiger charge is 2.45.